The molecule has 322 valence electrons. The normalized spacial score (nSPS) is 17.9. The third kappa shape index (κ3) is 11.3. The minimum atomic E-state index is -1.49. The predicted octanol–water partition coefficient (Wildman–Crippen LogP) is 7.20. The van der Waals surface area contributed by atoms with Crippen molar-refractivity contribution < 1.29 is 43.9 Å². The summed E-state index contributed by atoms with van der Waals surface area (Å²) in [6, 6.07) is 11.2. The number of carboxylic acid groups (broad SMARTS) is 3. The Bertz CT molecular complexity index is 1900. The molecular weight excluding hydrogens is 751 g/mol. The fraction of sp³-hybridized carbons (Fsp3) is 0.565. The maximum absolute atomic E-state index is 14.3. The molecule has 13 nitrogen and oxygen atoms in total. The number of allylic oxidation sites excluding steroid dienone is 1. The number of unbranched alkanes of at least 4 members (excludes halogenated alkanes) is 3. The van der Waals surface area contributed by atoms with Crippen LogP contribution in [0.15, 0.2) is 54.6 Å². The number of hydrogen-bond donors (Lipinski definition) is 6. The molecule has 0 saturated heterocycles. The van der Waals surface area contributed by atoms with E-state index >= 15 is 0 Å². The Morgan fingerprint density at radius 1 is 0.831 bits per heavy atom. The molecule has 2 aromatic rings. The highest BCUT2D eigenvalue weighted by Crippen LogP contribution is 2.47. The number of nitrogens with one attached hydrogen (secondary N) is 3. The molecule has 6 N–H and O–H groups in total. The number of aryl methyl sites for hydroxylation is 1. The zero-order chi connectivity index (χ0) is 43.5. The molecule has 0 radical (unpaired) electrons. The second-order valence-electron chi connectivity index (χ2n) is 17.1. The topological polar surface area (TPSA) is 188 Å². The van der Waals surface area contributed by atoms with Gasteiger partial charge in [-0.15, -0.1) is 0 Å². The summed E-state index contributed by atoms with van der Waals surface area (Å²) in [5, 5.41) is 35.5. The Labute approximate surface area is 349 Å². The van der Waals surface area contributed by atoms with Gasteiger partial charge in [0.05, 0.1) is 5.41 Å². The van der Waals surface area contributed by atoms with Crippen LogP contribution in [0.25, 0.3) is 0 Å². The fourth-order valence-corrected chi connectivity index (χ4v) is 8.61. The second kappa shape index (κ2) is 20.7. The lowest BCUT2D eigenvalue weighted by molar-refractivity contribution is -0.468. The van der Waals surface area contributed by atoms with Gasteiger partial charge < -0.3 is 36.2 Å². The first-order valence-corrected chi connectivity index (χ1v) is 21.3. The zero-order valence-electron chi connectivity index (χ0n) is 36.0. The molecule has 4 unspecified atom stereocenters. The molecule has 13 heteroatoms. The molecule has 3 amide bonds. The van der Waals surface area contributed by atoms with E-state index in [1.54, 1.807) is 0 Å². The van der Waals surface area contributed by atoms with Crippen LogP contribution < -0.4 is 20.9 Å². The van der Waals surface area contributed by atoms with Crippen molar-refractivity contribution in [2.45, 2.75) is 154 Å². The van der Waals surface area contributed by atoms with E-state index in [0.29, 0.717) is 25.8 Å². The first-order chi connectivity index (χ1) is 27.9. The van der Waals surface area contributed by atoms with Crippen LogP contribution in [0.3, 0.4) is 0 Å². The first-order valence-electron chi connectivity index (χ1n) is 21.3. The molecule has 2 aliphatic rings. The fourth-order valence-electron chi connectivity index (χ4n) is 8.61. The Morgan fingerprint density at radius 2 is 1.49 bits per heavy atom. The summed E-state index contributed by atoms with van der Waals surface area (Å²) < 4.78 is 2.24. The smallest absolute Gasteiger partial charge is 0.326 e. The molecule has 0 fully saturated rings. The van der Waals surface area contributed by atoms with Crippen molar-refractivity contribution in [3.8, 4) is 0 Å². The minimum absolute atomic E-state index is 0.0409. The highest BCUT2D eigenvalue weighted by molar-refractivity contribution is 6.04. The quantitative estimate of drug-likeness (QED) is 0.0498. The van der Waals surface area contributed by atoms with E-state index in [1.807, 2.05) is 0 Å². The molecule has 0 bridgehead atoms. The molecule has 4 rings (SSSR count). The highest BCUT2D eigenvalue weighted by Gasteiger charge is 2.49. The lowest BCUT2D eigenvalue weighted by Gasteiger charge is -2.34. The molecule has 0 aromatic heterocycles. The van der Waals surface area contributed by atoms with E-state index in [4.69, 9.17) is 5.11 Å². The molecule has 2 heterocycles. The maximum atomic E-state index is 14.3. The van der Waals surface area contributed by atoms with Gasteiger partial charge in [0.1, 0.15) is 12.1 Å². The van der Waals surface area contributed by atoms with Crippen molar-refractivity contribution in [3.05, 3.63) is 71.3 Å². The number of fused-ring (bicyclic) bond motifs is 2. The average Bonchev–Trinajstić information content (AvgIpc) is 3.52. The highest BCUT2D eigenvalue weighted by atomic mass is 16.4. The van der Waals surface area contributed by atoms with Crippen LogP contribution >= 0.6 is 0 Å². The van der Waals surface area contributed by atoms with Crippen molar-refractivity contribution in [2.75, 3.05) is 18.0 Å². The molecule has 59 heavy (non-hydrogen) atoms. The first kappa shape index (κ1) is 46.5. The predicted molar refractivity (Wildman–Crippen MR) is 230 cm³/mol. The van der Waals surface area contributed by atoms with E-state index in [-0.39, 0.29) is 35.6 Å². The van der Waals surface area contributed by atoms with Gasteiger partial charge >= 0.3 is 23.9 Å². The summed E-state index contributed by atoms with van der Waals surface area (Å²) in [6.45, 7) is 16.9. The van der Waals surface area contributed by atoms with E-state index in [0.717, 1.165) is 55.6 Å². The van der Waals surface area contributed by atoms with Crippen LogP contribution in [0, 0.1) is 6.92 Å². The van der Waals surface area contributed by atoms with Crippen LogP contribution in [0.5, 0.6) is 0 Å². The number of nitrogens with zero attached hydrogens (tertiary/aromatic N) is 2. The summed E-state index contributed by atoms with van der Waals surface area (Å²) in [5.41, 5.74) is 6.71. The number of hydrogen-bond acceptors (Lipinski definition) is 6. The van der Waals surface area contributed by atoms with Gasteiger partial charge in [-0.3, -0.25) is 9.59 Å². The van der Waals surface area contributed by atoms with Gasteiger partial charge in [-0.2, -0.15) is 4.58 Å². The van der Waals surface area contributed by atoms with Crippen LogP contribution in [-0.4, -0.2) is 92.7 Å². The monoisotopic (exact) mass is 816 g/mol. The summed E-state index contributed by atoms with van der Waals surface area (Å²) in [5.74, 6) is -4.05. The summed E-state index contributed by atoms with van der Waals surface area (Å²) in [6.07, 6.45) is 10.1. The average molecular weight is 817 g/mol. The molecule has 4 atom stereocenters. The number of urea groups is 1. The SMILES string of the molecule is CCCCC(C(=O)NCCCCC(NC(=O)NC(CCC(=O)O)C(=O)O)C(=O)O)[N+]1=C(/C=C/CC2N(CCCC)c3ccccc3C2(C)C)C(C)(C)c2cc(C)ccc21. The Morgan fingerprint density at radius 3 is 2.14 bits per heavy atom. The number of anilines is 1. The van der Waals surface area contributed by atoms with Crippen LogP contribution in [0.2, 0.25) is 0 Å². The van der Waals surface area contributed by atoms with Crippen molar-refractivity contribution in [2.24, 2.45) is 0 Å². The number of amides is 3. The van der Waals surface area contributed by atoms with E-state index < -0.39 is 48.5 Å². The van der Waals surface area contributed by atoms with E-state index in [1.165, 1.54) is 16.8 Å². The largest absolute Gasteiger partial charge is 0.481 e. The second-order valence-corrected chi connectivity index (χ2v) is 17.1. The molecule has 0 spiro atoms. The van der Waals surface area contributed by atoms with E-state index in [9.17, 15) is 34.2 Å². The number of aliphatic carboxylic acids is 3. The lowest BCUT2D eigenvalue weighted by atomic mass is 9.78. The molecule has 2 aliphatic heterocycles. The zero-order valence-corrected chi connectivity index (χ0v) is 36.0. The number of benzene rings is 2. The van der Waals surface area contributed by atoms with Crippen molar-refractivity contribution in [1.82, 2.24) is 16.0 Å². The molecule has 0 aliphatic carbocycles. The van der Waals surface area contributed by atoms with E-state index in [2.05, 4.69) is 129 Å². The maximum Gasteiger partial charge on any atom is 0.326 e. The number of carbonyl (C=O) groups excluding carboxylic acids is 2. The number of para-hydroxylation sites is 1. The summed E-state index contributed by atoms with van der Waals surface area (Å²) in [4.78, 5) is 63.6. The lowest BCUT2D eigenvalue weighted by Crippen LogP contribution is -2.51. The third-order valence-corrected chi connectivity index (χ3v) is 12.0. The Hall–Kier alpha value is -5.20. The van der Waals surface area contributed by atoms with Crippen molar-refractivity contribution in [1.29, 1.82) is 0 Å². The molecular formula is C46H66N5O8+. The molecule has 2 aromatic carbocycles. The van der Waals surface area contributed by atoms with Gasteiger partial charge in [-0.1, -0.05) is 76.4 Å². The standard InChI is InChI=1S/C46H65N5O8/c1-8-10-19-37(41(54)47-27-15-14-18-33(42(55)56)48-44(59)49-34(43(57)58)24-26-40(52)53)51-36-25-23-30(3)29-32(36)46(6,7)39(51)22-16-21-38-45(4,5)31-17-12-13-20-35(31)50(38)28-11-9-2/h12-13,16-17,20,22-23,25,29,33-34,37-38H,8-11,14-15,18-19,21,24,26-28H2,1-7H3,(H5-,47,48,49,52,53,54,55,56,57,58,59)/p+1/b22-16+. The van der Waals surface area contributed by atoms with Gasteiger partial charge in [0, 0.05) is 60.8 Å². The van der Waals surface area contributed by atoms with Gasteiger partial charge in [0.25, 0.3) is 5.91 Å². The minimum Gasteiger partial charge on any atom is -0.481 e. The van der Waals surface area contributed by atoms with Gasteiger partial charge in [0.2, 0.25) is 11.7 Å². The van der Waals surface area contributed by atoms with Crippen molar-refractivity contribution in [3.63, 3.8) is 0 Å². The van der Waals surface area contributed by atoms with Gasteiger partial charge in [-0.05, 0) is 83.4 Å². The summed E-state index contributed by atoms with van der Waals surface area (Å²) in [7, 11) is 0. The van der Waals surface area contributed by atoms with Crippen LogP contribution in [0.1, 0.15) is 129 Å². The number of rotatable bonds is 23. The number of carboxylic acids is 3. The summed E-state index contributed by atoms with van der Waals surface area (Å²) >= 11 is 0. The van der Waals surface area contributed by atoms with Crippen molar-refractivity contribution >= 4 is 46.9 Å². The molecule has 0 saturated carbocycles. The van der Waals surface area contributed by atoms with Gasteiger partial charge in [0.15, 0.2) is 5.71 Å². The van der Waals surface area contributed by atoms with Crippen LogP contribution in [0.4, 0.5) is 16.2 Å². The third-order valence-electron chi connectivity index (χ3n) is 12.0. The Kier molecular flexibility index (Phi) is 16.3. The van der Waals surface area contributed by atoms with Gasteiger partial charge in [-0.25, -0.2) is 14.4 Å². The number of carbonyl (C=O) groups is 5. The van der Waals surface area contributed by atoms with Crippen LogP contribution in [-0.2, 0) is 30.0 Å². The Balaban J connectivity index is 1.51.